The Morgan fingerprint density at radius 1 is 1.50 bits per heavy atom. The maximum absolute atomic E-state index is 12.8. The first-order valence-corrected chi connectivity index (χ1v) is 8.18. The summed E-state index contributed by atoms with van der Waals surface area (Å²) in [6, 6.07) is 4.07. The van der Waals surface area contributed by atoms with E-state index in [1.165, 1.54) is 10.4 Å². The zero-order valence-corrected chi connectivity index (χ0v) is 13.3. The molecule has 3 aromatic rings. The van der Waals surface area contributed by atoms with E-state index in [-0.39, 0.29) is 11.9 Å². The highest BCUT2D eigenvalue weighted by Gasteiger charge is 2.29. The smallest absolute Gasteiger partial charge is 0.275 e. The van der Waals surface area contributed by atoms with Crippen LogP contribution in [0.15, 0.2) is 29.9 Å². The van der Waals surface area contributed by atoms with Gasteiger partial charge in [-0.25, -0.2) is 9.50 Å². The summed E-state index contributed by atoms with van der Waals surface area (Å²) in [5.74, 6) is -0.0208. The van der Waals surface area contributed by atoms with Crippen LogP contribution in [0.25, 0.3) is 5.65 Å². The Bertz CT molecular complexity index is 871. The third-order valence-electron chi connectivity index (χ3n) is 4.11. The van der Waals surface area contributed by atoms with Crippen molar-refractivity contribution in [2.75, 3.05) is 0 Å². The van der Waals surface area contributed by atoms with E-state index >= 15 is 0 Å². The molecule has 0 aliphatic carbocycles. The van der Waals surface area contributed by atoms with Gasteiger partial charge in [0.1, 0.15) is 7.85 Å². The SMILES string of the molecule is Bc1cnc2cc(C(=O)N3Cc4ccsc4CC3C)nn2c1. The summed E-state index contributed by atoms with van der Waals surface area (Å²) in [5.41, 5.74) is 3.44. The summed E-state index contributed by atoms with van der Waals surface area (Å²) in [6.45, 7) is 2.76. The Kier molecular flexibility index (Phi) is 3.04. The molecular formula is C15H15BN4OS. The molecule has 0 saturated carbocycles. The number of aromatic nitrogens is 3. The van der Waals surface area contributed by atoms with E-state index in [9.17, 15) is 4.79 Å². The number of amides is 1. The van der Waals surface area contributed by atoms with Crippen LogP contribution in [0.4, 0.5) is 0 Å². The normalized spacial score (nSPS) is 17.7. The fourth-order valence-corrected chi connectivity index (χ4v) is 3.92. The number of fused-ring (bicyclic) bond motifs is 2. The number of hydrogen-bond donors (Lipinski definition) is 0. The van der Waals surface area contributed by atoms with E-state index in [1.54, 1.807) is 28.1 Å². The van der Waals surface area contributed by atoms with Gasteiger partial charge in [0, 0.05) is 42.3 Å². The molecule has 5 nitrogen and oxygen atoms in total. The summed E-state index contributed by atoms with van der Waals surface area (Å²) in [5, 5.41) is 6.49. The first kappa shape index (κ1) is 13.5. The Balaban J connectivity index is 1.68. The monoisotopic (exact) mass is 310 g/mol. The molecule has 110 valence electrons. The summed E-state index contributed by atoms with van der Waals surface area (Å²) >= 11 is 1.78. The molecule has 0 bridgehead atoms. The second-order valence-electron chi connectivity index (χ2n) is 5.82. The van der Waals surface area contributed by atoms with Crippen LogP contribution in [0.2, 0.25) is 0 Å². The lowest BCUT2D eigenvalue weighted by Gasteiger charge is -2.32. The summed E-state index contributed by atoms with van der Waals surface area (Å²) < 4.78 is 1.67. The number of carbonyl (C=O) groups is 1. The average molecular weight is 310 g/mol. The highest BCUT2D eigenvalue weighted by Crippen LogP contribution is 2.28. The molecule has 4 heterocycles. The Morgan fingerprint density at radius 2 is 2.36 bits per heavy atom. The van der Waals surface area contributed by atoms with Crippen LogP contribution in [-0.2, 0) is 13.0 Å². The zero-order valence-electron chi connectivity index (χ0n) is 12.5. The van der Waals surface area contributed by atoms with Gasteiger partial charge in [-0.15, -0.1) is 11.3 Å². The Morgan fingerprint density at radius 3 is 3.23 bits per heavy atom. The molecule has 3 aromatic heterocycles. The van der Waals surface area contributed by atoms with Gasteiger partial charge in [0.15, 0.2) is 11.3 Å². The van der Waals surface area contributed by atoms with Gasteiger partial charge in [0.2, 0.25) is 0 Å². The standard InChI is InChI=1S/C15H15BN4OS/c1-9-4-13-10(2-3-22-13)7-19(9)15(21)12-5-14-17-6-11(16)8-20(14)18-12/h2-3,5-6,8-9H,4,7,16H2,1H3. The first-order chi connectivity index (χ1) is 10.6. The number of nitrogens with zero attached hydrogens (tertiary/aromatic N) is 4. The van der Waals surface area contributed by atoms with Gasteiger partial charge in [-0.05, 0) is 23.9 Å². The van der Waals surface area contributed by atoms with Gasteiger partial charge in [-0.2, -0.15) is 5.10 Å². The minimum atomic E-state index is -0.0208. The maximum atomic E-state index is 12.8. The topological polar surface area (TPSA) is 50.5 Å². The highest BCUT2D eigenvalue weighted by atomic mass is 32.1. The molecule has 7 heteroatoms. The van der Waals surface area contributed by atoms with E-state index in [1.807, 2.05) is 18.9 Å². The molecule has 0 N–H and O–H groups in total. The van der Waals surface area contributed by atoms with Crippen molar-refractivity contribution in [1.29, 1.82) is 0 Å². The van der Waals surface area contributed by atoms with E-state index < -0.39 is 0 Å². The minimum Gasteiger partial charge on any atom is -0.330 e. The van der Waals surface area contributed by atoms with Crippen molar-refractivity contribution in [3.63, 3.8) is 0 Å². The van der Waals surface area contributed by atoms with E-state index in [0.29, 0.717) is 17.9 Å². The third kappa shape index (κ3) is 2.13. The molecule has 1 unspecified atom stereocenters. The van der Waals surface area contributed by atoms with Crippen molar-refractivity contribution in [2.24, 2.45) is 0 Å². The van der Waals surface area contributed by atoms with Crippen molar-refractivity contribution >= 4 is 36.2 Å². The molecule has 4 rings (SSSR count). The molecule has 0 spiro atoms. The molecule has 1 amide bonds. The van der Waals surface area contributed by atoms with Gasteiger partial charge >= 0.3 is 0 Å². The molecule has 22 heavy (non-hydrogen) atoms. The van der Waals surface area contributed by atoms with E-state index in [4.69, 9.17) is 0 Å². The van der Waals surface area contributed by atoms with Crippen molar-refractivity contribution in [1.82, 2.24) is 19.5 Å². The zero-order chi connectivity index (χ0) is 15.3. The van der Waals surface area contributed by atoms with Crippen molar-refractivity contribution in [2.45, 2.75) is 25.9 Å². The molecule has 0 radical (unpaired) electrons. The number of thiophene rings is 1. The lowest BCUT2D eigenvalue weighted by atomic mass is 10.0. The first-order valence-electron chi connectivity index (χ1n) is 7.30. The number of rotatable bonds is 1. The van der Waals surface area contributed by atoms with Crippen LogP contribution < -0.4 is 5.46 Å². The summed E-state index contributed by atoms with van der Waals surface area (Å²) in [4.78, 5) is 20.4. The lowest BCUT2D eigenvalue weighted by Crippen LogP contribution is -2.42. The van der Waals surface area contributed by atoms with Gasteiger partial charge < -0.3 is 4.90 Å². The second-order valence-corrected chi connectivity index (χ2v) is 6.82. The molecule has 0 saturated heterocycles. The van der Waals surface area contributed by atoms with Crippen molar-refractivity contribution in [3.05, 3.63) is 46.0 Å². The van der Waals surface area contributed by atoms with Crippen LogP contribution in [0.5, 0.6) is 0 Å². The average Bonchev–Trinajstić information content (AvgIpc) is 3.10. The van der Waals surface area contributed by atoms with Crippen molar-refractivity contribution < 1.29 is 4.79 Å². The van der Waals surface area contributed by atoms with Gasteiger partial charge in [0.25, 0.3) is 5.91 Å². The third-order valence-corrected chi connectivity index (χ3v) is 5.10. The van der Waals surface area contributed by atoms with Crippen LogP contribution in [0.3, 0.4) is 0 Å². The Labute approximate surface area is 133 Å². The Hall–Kier alpha value is -2.15. The van der Waals surface area contributed by atoms with Crippen LogP contribution in [0.1, 0.15) is 27.9 Å². The molecular weight excluding hydrogens is 295 g/mol. The number of carbonyl (C=O) groups excluding carboxylic acids is 1. The van der Waals surface area contributed by atoms with Crippen LogP contribution >= 0.6 is 11.3 Å². The van der Waals surface area contributed by atoms with Gasteiger partial charge in [-0.3, -0.25) is 4.79 Å². The van der Waals surface area contributed by atoms with Gasteiger partial charge in [-0.1, -0.05) is 5.46 Å². The molecule has 1 atom stereocenters. The minimum absolute atomic E-state index is 0.0208. The molecule has 0 fully saturated rings. The second kappa shape index (κ2) is 4.95. The quantitative estimate of drug-likeness (QED) is 0.620. The highest BCUT2D eigenvalue weighted by molar-refractivity contribution is 7.10. The molecule has 1 aliphatic heterocycles. The predicted molar refractivity (Wildman–Crippen MR) is 88.5 cm³/mol. The molecule has 1 aliphatic rings. The van der Waals surface area contributed by atoms with E-state index in [2.05, 4.69) is 28.5 Å². The maximum Gasteiger partial charge on any atom is 0.275 e. The fourth-order valence-electron chi connectivity index (χ4n) is 2.90. The number of hydrogen-bond acceptors (Lipinski definition) is 4. The van der Waals surface area contributed by atoms with Crippen LogP contribution in [-0.4, -0.2) is 39.3 Å². The largest absolute Gasteiger partial charge is 0.330 e. The predicted octanol–water partition coefficient (Wildman–Crippen LogP) is 0.636. The molecule has 0 aromatic carbocycles. The lowest BCUT2D eigenvalue weighted by molar-refractivity contribution is 0.0653. The summed E-state index contributed by atoms with van der Waals surface area (Å²) in [6.07, 6.45) is 4.59. The van der Waals surface area contributed by atoms with Crippen molar-refractivity contribution in [3.8, 4) is 0 Å². The fraction of sp³-hybridized carbons (Fsp3) is 0.267. The van der Waals surface area contributed by atoms with E-state index in [0.717, 1.165) is 11.9 Å². The summed E-state index contributed by atoms with van der Waals surface area (Å²) in [7, 11) is 1.96. The van der Waals surface area contributed by atoms with Gasteiger partial charge in [0.05, 0.1) is 0 Å². The van der Waals surface area contributed by atoms with Crippen LogP contribution in [0, 0.1) is 0 Å².